The van der Waals surface area contributed by atoms with E-state index in [-0.39, 0.29) is 43.5 Å². The van der Waals surface area contributed by atoms with E-state index in [4.69, 9.17) is 32.7 Å². The van der Waals surface area contributed by atoms with Crippen molar-refractivity contribution in [2.24, 2.45) is 0 Å². The lowest BCUT2D eigenvalue weighted by Crippen LogP contribution is -2.58. The zero-order valence-electron chi connectivity index (χ0n) is 17.0. The molecule has 1 aliphatic heterocycles. The van der Waals surface area contributed by atoms with E-state index in [1.54, 1.807) is 6.07 Å². The van der Waals surface area contributed by atoms with Crippen LogP contribution in [0.4, 0.5) is 0 Å². The summed E-state index contributed by atoms with van der Waals surface area (Å²) in [4.78, 5) is 38.8. The Kier molecular flexibility index (Phi) is 8.78. The standard InChI is InChI=1S/C22H21BrCl2N2O5/c23-16-10-15(24)11-17(25)21(16)32-13-19(28)27-8-7-26-22(30)18(27)12-20(29)31-9-6-14-4-2-1-3-5-14/h1-5,10-11,18H,6-9,12-13H2,(H,26,30). The molecule has 0 aromatic heterocycles. The van der Waals surface area contributed by atoms with E-state index in [1.165, 1.54) is 11.0 Å². The molecule has 1 unspecified atom stereocenters. The van der Waals surface area contributed by atoms with Crippen molar-refractivity contribution in [3.63, 3.8) is 0 Å². The Morgan fingerprint density at radius 1 is 1.19 bits per heavy atom. The molecule has 170 valence electrons. The van der Waals surface area contributed by atoms with E-state index in [0.29, 0.717) is 15.9 Å². The molecular weight excluding hydrogens is 523 g/mol. The van der Waals surface area contributed by atoms with Crippen LogP contribution in [0, 0.1) is 0 Å². The number of benzene rings is 2. The van der Waals surface area contributed by atoms with Crippen molar-refractivity contribution in [2.75, 3.05) is 26.3 Å². The van der Waals surface area contributed by atoms with Gasteiger partial charge in [-0.1, -0.05) is 53.5 Å². The smallest absolute Gasteiger partial charge is 0.308 e. The molecule has 1 atom stereocenters. The maximum absolute atomic E-state index is 12.8. The number of hydrogen-bond acceptors (Lipinski definition) is 5. The van der Waals surface area contributed by atoms with Gasteiger partial charge in [-0.3, -0.25) is 14.4 Å². The topological polar surface area (TPSA) is 84.9 Å². The van der Waals surface area contributed by atoms with E-state index in [1.807, 2.05) is 30.3 Å². The fraction of sp³-hybridized carbons (Fsp3) is 0.318. The molecule has 0 aliphatic carbocycles. The van der Waals surface area contributed by atoms with Crippen LogP contribution in [0.3, 0.4) is 0 Å². The molecule has 2 aromatic carbocycles. The second-order valence-corrected chi connectivity index (χ2v) is 8.74. The van der Waals surface area contributed by atoms with Gasteiger partial charge in [-0.2, -0.15) is 0 Å². The van der Waals surface area contributed by atoms with Crippen molar-refractivity contribution in [3.8, 4) is 5.75 Å². The summed E-state index contributed by atoms with van der Waals surface area (Å²) in [5.74, 6) is -1.14. The molecule has 32 heavy (non-hydrogen) atoms. The normalized spacial score (nSPS) is 15.8. The number of ether oxygens (including phenoxy) is 2. The van der Waals surface area contributed by atoms with Crippen molar-refractivity contribution in [2.45, 2.75) is 18.9 Å². The van der Waals surface area contributed by atoms with Gasteiger partial charge in [0.05, 0.1) is 22.5 Å². The highest BCUT2D eigenvalue weighted by Gasteiger charge is 2.35. The minimum Gasteiger partial charge on any atom is -0.481 e. The molecule has 2 aromatic rings. The fourth-order valence-electron chi connectivity index (χ4n) is 3.24. The molecule has 1 fully saturated rings. The summed E-state index contributed by atoms with van der Waals surface area (Å²) in [5, 5.41) is 3.34. The van der Waals surface area contributed by atoms with Gasteiger partial charge in [-0.05, 0) is 33.6 Å². The van der Waals surface area contributed by atoms with Crippen LogP contribution < -0.4 is 10.1 Å². The van der Waals surface area contributed by atoms with Crippen molar-refractivity contribution < 1.29 is 23.9 Å². The number of carbonyl (C=O) groups is 3. The molecular formula is C22H21BrCl2N2O5. The number of halogens is 3. The summed E-state index contributed by atoms with van der Waals surface area (Å²) in [6.07, 6.45) is 0.328. The van der Waals surface area contributed by atoms with Gasteiger partial charge in [0.1, 0.15) is 6.04 Å². The summed E-state index contributed by atoms with van der Waals surface area (Å²) in [5.41, 5.74) is 1.04. The first-order valence-corrected chi connectivity index (χ1v) is 11.4. The van der Waals surface area contributed by atoms with Gasteiger partial charge in [0.25, 0.3) is 5.91 Å². The Hall–Kier alpha value is -2.29. The quantitative estimate of drug-likeness (QED) is 0.514. The van der Waals surface area contributed by atoms with E-state index in [2.05, 4.69) is 21.2 Å². The molecule has 0 saturated carbocycles. The van der Waals surface area contributed by atoms with Gasteiger partial charge in [-0.15, -0.1) is 0 Å². The third-order valence-electron chi connectivity index (χ3n) is 4.81. The second kappa shape index (κ2) is 11.5. The molecule has 1 N–H and O–H groups in total. The highest BCUT2D eigenvalue weighted by atomic mass is 79.9. The number of carbonyl (C=O) groups excluding carboxylic acids is 3. The zero-order valence-corrected chi connectivity index (χ0v) is 20.1. The lowest BCUT2D eigenvalue weighted by molar-refractivity contribution is -0.152. The van der Waals surface area contributed by atoms with Crippen LogP contribution >= 0.6 is 39.1 Å². The number of esters is 1. The van der Waals surface area contributed by atoms with Crippen LogP contribution in [0.5, 0.6) is 5.75 Å². The summed E-state index contributed by atoms with van der Waals surface area (Å²) >= 11 is 15.4. The maximum atomic E-state index is 12.8. The van der Waals surface area contributed by atoms with Crippen LogP contribution in [-0.4, -0.2) is 55.0 Å². The third kappa shape index (κ3) is 6.60. The molecule has 0 radical (unpaired) electrons. The molecule has 3 rings (SSSR count). The summed E-state index contributed by atoms with van der Waals surface area (Å²) in [6, 6.07) is 11.7. The first-order chi connectivity index (χ1) is 15.3. The van der Waals surface area contributed by atoms with Crippen LogP contribution in [0.25, 0.3) is 0 Å². The molecule has 1 aliphatic rings. The number of amides is 2. The minimum absolute atomic E-state index is 0.192. The predicted molar refractivity (Wildman–Crippen MR) is 124 cm³/mol. The average Bonchev–Trinajstić information content (AvgIpc) is 2.75. The van der Waals surface area contributed by atoms with Crippen LogP contribution in [0.1, 0.15) is 12.0 Å². The van der Waals surface area contributed by atoms with Crippen LogP contribution in [0.2, 0.25) is 10.0 Å². The maximum Gasteiger partial charge on any atom is 0.308 e. The van der Waals surface area contributed by atoms with Crippen molar-refractivity contribution >= 4 is 56.9 Å². The number of piperazine rings is 1. The first kappa shape index (κ1) is 24.4. The Bertz CT molecular complexity index is 967. The van der Waals surface area contributed by atoms with Crippen LogP contribution in [-0.2, 0) is 25.5 Å². The van der Waals surface area contributed by atoms with Crippen LogP contribution in [0.15, 0.2) is 46.9 Å². The summed E-state index contributed by atoms with van der Waals surface area (Å²) in [7, 11) is 0. The van der Waals surface area contributed by atoms with E-state index in [0.717, 1.165) is 5.56 Å². The third-order valence-corrected chi connectivity index (χ3v) is 5.90. The second-order valence-electron chi connectivity index (χ2n) is 7.04. The van der Waals surface area contributed by atoms with E-state index < -0.39 is 23.8 Å². The van der Waals surface area contributed by atoms with Crippen molar-refractivity contribution in [1.82, 2.24) is 10.2 Å². The molecule has 2 amide bonds. The lowest BCUT2D eigenvalue weighted by atomic mass is 10.1. The molecule has 0 bridgehead atoms. The fourth-order valence-corrected chi connectivity index (χ4v) is 4.61. The monoisotopic (exact) mass is 542 g/mol. The van der Waals surface area contributed by atoms with Gasteiger partial charge in [-0.25, -0.2) is 0 Å². The van der Waals surface area contributed by atoms with Gasteiger partial charge >= 0.3 is 5.97 Å². The zero-order chi connectivity index (χ0) is 23.1. The lowest BCUT2D eigenvalue weighted by Gasteiger charge is -2.34. The molecule has 1 saturated heterocycles. The molecule has 0 spiro atoms. The summed E-state index contributed by atoms with van der Waals surface area (Å²) in [6.45, 7) is 0.380. The van der Waals surface area contributed by atoms with Gasteiger partial charge in [0, 0.05) is 24.5 Å². The minimum atomic E-state index is -0.965. The van der Waals surface area contributed by atoms with Gasteiger partial charge in [0.2, 0.25) is 5.91 Å². The highest BCUT2D eigenvalue weighted by Crippen LogP contribution is 2.36. The number of rotatable bonds is 8. The average molecular weight is 544 g/mol. The van der Waals surface area contributed by atoms with Crippen molar-refractivity contribution in [1.29, 1.82) is 0 Å². The van der Waals surface area contributed by atoms with Crippen molar-refractivity contribution in [3.05, 3.63) is 62.5 Å². The Labute approximate surface area is 204 Å². The number of nitrogens with zero attached hydrogens (tertiary/aromatic N) is 1. The number of hydrogen-bond donors (Lipinski definition) is 1. The number of nitrogens with one attached hydrogen (secondary N) is 1. The Morgan fingerprint density at radius 3 is 2.66 bits per heavy atom. The largest absolute Gasteiger partial charge is 0.481 e. The highest BCUT2D eigenvalue weighted by molar-refractivity contribution is 9.10. The molecule has 10 heteroatoms. The Morgan fingerprint density at radius 2 is 1.94 bits per heavy atom. The SMILES string of the molecule is O=C(CC1C(=O)NCCN1C(=O)COc1c(Cl)cc(Cl)cc1Br)OCCc1ccccc1. The van der Waals surface area contributed by atoms with Gasteiger partial charge in [0.15, 0.2) is 12.4 Å². The van der Waals surface area contributed by atoms with E-state index in [9.17, 15) is 14.4 Å². The molecule has 1 heterocycles. The Balaban J connectivity index is 1.56. The van der Waals surface area contributed by atoms with Gasteiger partial charge < -0.3 is 19.7 Å². The molecule has 7 nitrogen and oxygen atoms in total. The summed E-state index contributed by atoms with van der Waals surface area (Å²) < 4.78 is 11.3. The first-order valence-electron chi connectivity index (χ1n) is 9.89. The predicted octanol–water partition coefficient (Wildman–Crippen LogP) is 3.64. The van der Waals surface area contributed by atoms with E-state index >= 15 is 0 Å².